The average molecular weight is 294 g/mol. The Morgan fingerprint density at radius 2 is 1.86 bits per heavy atom. The third-order valence-corrected chi connectivity index (χ3v) is 5.14. The molecule has 0 aromatic heterocycles. The summed E-state index contributed by atoms with van der Waals surface area (Å²) < 4.78 is 0. The highest BCUT2D eigenvalue weighted by molar-refractivity contribution is 5.99. The van der Waals surface area contributed by atoms with Gasteiger partial charge in [0.1, 0.15) is 11.6 Å². The number of carbonyl (C=O) groups excluding carboxylic acids is 2. The lowest BCUT2D eigenvalue weighted by molar-refractivity contribution is -0.159. The summed E-state index contributed by atoms with van der Waals surface area (Å²) >= 11 is 0. The summed E-state index contributed by atoms with van der Waals surface area (Å²) in [6, 6.07) is -0.331. The van der Waals surface area contributed by atoms with Crippen LogP contribution in [0.15, 0.2) is 0 Å². The number of hydrogen-bond acceptors (Lipinski definition) is 2. The van der Waals surface area contributed by atoms with Crippen LogP contribution < -0.4 is 5.32 Å². The van der Waals surface area contributed by atoms with Crippen LogP contribution in [-0.4, -0.2) is 34.8 Å². The van der Waals surface area contributed by atoms with E-state index in [1.54, 1.807) is 0 Å². The third-order valence-electron chi connectivity index (χ3n) is 5.14. The van der Waals surface area contributed by atoms with Crippen molar-refractivity contribution in [2.24, 2.45) is 11.8 Å². The van der Waals surface area contributed by atoms with E-state index in [1.807, 2.05) is 18.7 Å². The molecule has 0 radical (unpaired) electrons. The van der Waals surface area contributed by atoms with Crippen molar-refractivity contribution in [1.29, 1.82) is 0 Å². The highest BCUT2D eigenvalue weighted by atomic mass is 16.2. The predicted octanol–water partition coefficient (Wildman–Crippen LogP) is 2.72. The molecule has 0 spiro atoms. The molecule has 1 saturated heterocycles. The van der Waals surface area contributed by atoms with E-state index in [0.29, 0.717) is 18.8 Å². The summed E-state index contributed by atoms with van der Waals surface area (Å²) in [5.41, 5.74) is -0.626. The molecule has 1 atom stereocenters. The molecule has 1 saturated carbocycles. The highest BCUT2D eigenvalue weighted by Crippen LogP contribution is 2.36. The molecule has 4 nitrogen and oxygen atoms in total. The van der Waals surface area contributed by atoms with Gasteiger partial charge in [-0.2, -0.15) is 0 Å². The van der Waals surface area contributed by atoms with Gasteiger partial charge in [0.15, 0.2) is 0 Å². The molecule has 1 N–H and O–H groups in total. The SMILES string of the molecule is CCC1(CC)C(=O)NC(CC(C)C)C(=O)N1CCC1CC1. The van der Waals surface area contributed by atoms with Gasteiger partial charge in [-0.15, -0.1) is 0 Å². The van der Waals surface area contributed by atoms with Gasteiger partial charge in [0.2, 0.25) is 11.8 Å². The lowest BCUT2D eigenvalue weighted by Gasteiger charge is -2.48. The van der Waals surface area contributed by atoms with Gasteiger partial charge in [-0.1, -0.05) is 40.5 Å². The monoisotopic (exact) mass is 294 g/mol. The van der Waals surface area contributed by atoms with Crippen LogP contribution in [-0.2, 0) is 9.59 Å². The summed E-state index contributed by atoms with van der Waals surface area (Å²) in [6.45, 7) is 8.96. The Morgan fingerprint density at radius 3 is 2.33 bits per heavy atom. The van der Waals surface area contributed by atoms with E-state index in [9.17, 15) is 9.59 Å². The first kappa shape index (κ1) is 16.3. The molecule has 1 aliphatic heterocycles. The predicted molar refractivity (Wildman–Crippen MR) is 83.8 cm³/mol. The van der Waals surface area contributed by atoms with Crippen molar-refractivity contribution in [3.05, 3.63) is 0 Å². The minimum Gasteiger partial charge on any atom is -0.342 e. The summed E-state index contributed by atoms with van der Waals surface area (Å²) in [5.74, 6) is 1.36. The van der Waals surface area contributed by atoms with E-state index in [0.717, 1.165) is 25.3 Å². The summed E-state index contributed by atoms with van der Waals surface area (Å²) in [7, 11) is 0. The second-order valence-electron chi connectivity index (χ2n) is 7.12. The Kier molecular flexibility index (Phi) is 4.95. The van der Waals surface area contributed by atoms with Gasteiger partial charge in [0, 0.05) is 6.54 Å². The van der Waals surface area contributed by atoms with Crippen LogP contribution in [0.2, 0.25) is 0 Å². The van der Waals surface area contributed by atoms with Gasteiger partial charge in [-0.05, 0) is 37.5 Å². The molecule has 0 aromatic rings. The lowest BCUT2D eigenvalue weighted by atomic mass is 9.84. The smallest absolute Gasteiger partial charge is 0.246 e. The van der Waals surface area contributed by atoms with Gasteiger partial charge >= 0.3 is 0 Å². The Hall–Kier alpha value is -1.06. The Balaban J connectivity index is 2.19. The maximum absolute atomic E-state index is 12.9. The first-order valence-electron chi connectivity index (χ1n) is 8.57. The van der Waals surface area contributed by atoms with Gasteiger partial charge in [-0.25, -0.2) is 0 Å². The minimum absolute atomic E-state index is 0.0496. The van der Waals surface area contributed by atoms with Crippen LogP contribution in [0, 0.1) is 11.8 Å². The van der Waals surface area contributed by atoms with Gasteiger partial charge in [0.05, 0.1) is 0 Å². The number of nitrogens with one attached hydrogen (secondary N) is 1. The zero-order chi connectivity index (χ0) is 15.6. The molecule has 2 rings (SSSR count). The van der Waals surface area contributed by atoms with E-state index < -0.39 is 5.54 Å². The van der Waals surface area contributed by atoms with E-state index in [2.05, 4.69) is 19.2 Å². The van der Waals surface area contributed by atoms with Crippen molar-refractivity contribution in [3.63, 3.8) is 0 Å². The standard InChI is InChI=1S/C17H30N2O2/c1-5-17(6-2)16(21)18-14(11-12(3)4)15(20)19(17)10-9-13-7-8-13/h12-14H,5-11H2,1-4H3,(H,18,21). The van der Waals surface area contributed by atoms with Crippen LogP contribution in [0.4, 0.5) is 0 Å². The van der Waals surface area contributed by atoms with Gasteiger partial charge < -0.3 is 10.2 Å². The second-order valence-corrected chi connectivity index (χ2v) is 7.12. The highest BCUT2D eigenvalue weighted by Gasteiger charge is 2.50. The maximum atomic E-state index is 12.9. The van der Waals surface area contributed by atoms with Gasteiger partial charge in [0.25, 0.3) is 0 Å². The van der Waals surface area contributed by atoms with E-state index in [-0.39, 0.29) is 17.9 Å². The quantitative estimate of drug-likeness (QED) is 0.785. The molecular formula is C17H30N2O2. The largest absolute Gasteiger partial charge is 0.342 e. The van der Waals surface area contributed by atoms with Crippen LogP contribution >= 0.6 is 0 Å². The number of hydrogen-bond donors (Lipinski definition) is 1. The Labute approximate surface area is 128 Å². The van der Waals surface area contributed by atoms with Crippen molar-refractivity contribution in [2.45, 2.75) is 77.8 Å². The fourth-order valence-electron chi connectivity index (χ4n) is 3.50. The molecule has 1 unspecified atom stereocenters. The molecular weight excluding hydrogens is 264 g/mol. The van der Waals surface area contributed by atoms with Crippen LogP contribution in [0.1, 0.15) is 66.2 Å². The number of nitrogens with zero attached hydrogens (tertiary/aromatic N) is 1. The first-order valence-corrected chi connectivity index (χ1v) is 8.57. The third kappa shape index (κ3) is 3.24. The fourth-order valence-corrected chi connectivity index (χ4v) is 3.50. The zero-order valence-electron chi connectivity index (χ0n) is 13.9. The average Bonchev–Trinajstić information content (AvgIpc) is 3.25. The summed E-state index contributed by atoms with van der Waals surface area (Å²) in [4.78, 5) is 27.5. The Bertz CT molecular complexity index is 398. The van der Waals surface area contributed by atoms with Crippen molar-refractivity contribution < 1.29 is 9.59 Å². The number of carbonyl (C=O) groups is 2. The zero-order valence-corrected chi connectivity index (χ0v) is 13.9. The fraction of sp³-hybridized carbons (Fsp3) is 0.882. The van der Waals surface area contributed by atoms with Crippen molar-refractivity contribution in [3.8, 4) is 0 Å². The molecule has 0 aromatic carbocycles. The molecule has 0 bridgehead atoms. The van der Waals surface area contributed by atoms with Crippen molar-refractivity contribution in [1.82, 2.24) is 10.2 Å². The topological polar surface area (TPSA) is 49.4 Å². The van der Waals surface area contributed by atoms with E-state index >= 15 is 0 Å². The van der Waals surface area contributed by atoms with E-state index in [4.69, 9.17) is 0 Å². The molecule has 4 heteroatoms. The summed E-state index contributed by atoms with van der Waals surface area (Å²) in [6.07, 6.45) is 5.74. The van der Waals surface area contributed by atoms with Crippen LogP contribution in [0.3, 0.4) is 0 Å². The number of piperazine rings is 1. The van der Waals surface area contributed by atoms with E-state index in [1.165, 1.54) is 12.8 Å². The lowest BCUT2D eigenvalue weighted by Crippen LogP contribution is -2.70. The molecule has 2 aliphatic rings. The van der Waals surface area contributed by atoms with Crippen molar-refractivity contribution in [2.75, 3.05) is 6.54 Å². The Morgan fingerprint density at radius 1 is 1.24 bits per heavy atom. The molecule has 21 heavy (non-hydrogen) atoms. The molecule has 1 aliphatic carbocycles. The van der Waals surface area contributed by atoms with Gasteiger partial charge in [-0.3, -0.25) is 9.59 Å². The molecule has 120 valence electrons. The molecule has 1 heterocycles. The van der Waals surface area contributed by atoms with Crippen LogP contribution in [0.5, 0.6) is 0 Å². The number of amides is 2. The maximum Gasteiger partial charge on any atom is 0.246 e. The van der Waals surface area contributed by atoms with Crippen molar-refractivity contribution >= 4 is 11.8 Å². The molecule has 2 fully saturated rings. The second kappa shape index (κ2) is 6.37. The molecule has 2 amide bonds. The normalized spacial score (nSPS) is 25.4. The summed E-state index contributed by atoms with van der Waals surface area (Å²) in [5, 5.41) is 2.99. The minimum atomic E-state index is -0.626. The number of rotatable bonds is 7. The van der Waals surface area contributed by atoms with Crippen LogP contribution in [0.25, 0.3) is 0 Å². The first-order chi connectivity index (χ1) is 9.94.